The lowest BCUT2D eigenvalue weighted by atomic mass is 10.2. The van der Waals surface area contributed by atoms with E-state index in [0.29, 0.717) is 17.5 Å². The zero-order valence-electron chi connectivity index (χ0n) is 15.2. The Kier molecular flexibility index (Phi) is 3.84. The van der Waals surface area contributed by atoms with Crippen LogP contribution in [0.5, 0.6) is 0 Å². The first-order chi connectivity index (χ1) is 14.3. The summed E-state index contributed by atoms with van der Waals surface area (Å²) in [6, 6.07) is 3.63. The third-order valence-corrected chi connectivity index (χ3v) is 7.26. The topological polar surface area (TPSA) is 103 Å². The number of aromatic nitrogens is 6. The van der Waals surface area contributed by atoms with Crippen molar-refractivity contribution in [2.24, 2.45) is 0 Å². The second-order valence-corrected chi connectivity index (χ2v) is 8.82. The van der Waals surface area contributed by atoms with Gasteiger partial charge in [-0.15, -0.1) is 21.5 Å². The van der Waals surface area contributed by atoms with Crippen molar-refractivity contribution in [2.45, 2.75) is 31.0 Å². The molecule has 0 fully saturated rings. The van der Waals surface area contributed by atoms with E-state index < -0.39 is 0 Å². The average molecular weight is 425 g/mol. The molecule has 0 unspecified atom stereocenters. The molecule has 0 saturated heterocycles. The zero-order chi connectivity index (χ0) is 19.4. The maximum absolute atomic E-state index is 12.3. The van der Waals surface area contributed by atoms with Crippen molar-refractivity contribution in [2.75, 3.05) is 5.75 Å². The van der Waals surface area contributed by atoms with Gasteiger partial charge in [-0.3, -0.25) is 4.79 Å². The van der Waals surface area contributed by atoms with Gasteiger partial charge in [-0.25, -0.2) is 9.38 Å². The number of aryl methyl sites for hydroxylation is 2. The van der Waals surface area contributed by atoms with Crippen molar-refractivity contribution < 1.29 is 9.21 Å². The molecule has 9 nitrogen and oxygen atoms in total. The Labute approximate surface area is 172 Å². The molecule has 1 N–H and O–H groups in total. The lowest BCUT2D eigenvalue weighted by molar-refractivity contribution is -0.118. The fraction of sp³-hybridized carbons (Fsp3) is 0.278. The first-order valence-electron chi connectivity index (χ1n) is 9.22. The number of carbonyl (C=O) groups is 1. The number of hydrogen-bond donors (Lipinski definition) is 1. The lowest BCUT2D eigenvalue weighted by Gasteiger charge is -2.05. The maximum atomic E-state index is 12.3. The minimum Gasteiger partial charge on any atom is -0.467 e. The second kappa shape index (κ2) is 6.56. The van der Waals surface area contributed by atoms with Gasteiger partial charge in [-0.2, -0.15) is 9.61 Å². The van der Waals surface area contributed by atoms with Crippen LogP contribution in [-0.4, -0.2) is 40.9 Å². The van der Waals surface area contributed by atoms with Crippen molar-refractivity contribution in [1.82, 2.24) is 34.5 Å². The predicted molar refractivity (Wildman–Crippen MR) is 108 cm³/mol. The second-order valence-electron chi connectivity index (χ2n) is 6.80. The Morgan fingerprint density at radius 2 is 2.31 bits per heavy atom. The van der Waals surface area contributed by atoms with E-state index in [1.54, 1.807) is 34.5 Å². The summed E-state index contributed by atoms with van der Waals surface area (Å²) in [5.41, 5.74) is 2.19. The van der Waals surface area contributed by atoms with E-state index in [4.69, 9.17) is 4.42 Å². The Bertz CT molecular complexity index is 1370. The molecule has 1 aliphatic rings. The molecule has 11 heteroatoms. The minimum atomic E-state index is -0.0881. The third-order valence-electron chi connectivity index (χ3n) is 5.06. The highest BCUT2D eigenvalue weighted by molar-refractivity contribution is 7.99. The number of rotatable bonds is 5. The summed E-state index contributed by atoms with van der Waals surface area (Å²) < 4.78 is 8.98. The Hall–Kier alpha value is -2.92. The molecule has 0 atom stereocenters. The molecule has 1 aliphatic carbocycles. The number of nitrogens with zero attached hydrogens (tertiary/aromatic N) is 6. The lowest BCUT2D eigenvalue weighted by Crippen LogP contribution is -2.24. The number of thiophene rings is 1. The molecule has 0 bridgehead atoms. The smallest absolute Gasteiger partial charge is 0.260 e. The van der Waals surface area contributed by atoms with E-state index in [2.05, 4.69) is 25.6 Å². The molecule has 5 aromatic rings. The fourth-order valence-corrected chi connectivity index (χ4v) is 5.99. The zero-order valence-corrected chi connectivity index (χ0v) is 16.8. The highest BCUT2D eigenvalue weighted by atomic mass is 32.2. The monoisotopic (exact) mass is 425 g/mol. The average Bonchev–Trinajstić information content (AvgIpc) is 3.51. The van der Waals surface area contributed by atoms with Crippen LogP contribution >= 0.6 is 23.1 Å². The van der Waals surface area contributed by atoms with Crippen LogP contribution in [-0.2, 0) is 24.2 Å². The van der Waals surface area contributed by atoms with E-state index in [9.17, 15) is 4.79 Å². The quantitative estimate of drug-likeness (QED) is 0.432. The van der Waals surface area contributed by atoms with Crippen LogP contribution in [0.4, 0.5) is 0 Å². The van der Waals surface area contributed by atoms with E-state index in [0.717, 1.165) is 34.5 Å². The van der Waals surface area contributed by atoms with Crippen molar-refractivity contribution >= 4 is 50.6 Å². The summed E-state index contributed by atoms with van der Waals surface area (Å²) in [5, 5.41) is 17.7. The minimum absolute atomic E-state index is 0.0881. The molecule has 29 heavy (non-hydrogen) atoms. The number of amides is 1. The van der Waals surface area contributed by atoms with Crippen LogP contribution < -0.4 is 5.32 Å². The van der Waals surface area contributed by atoms with Gasteiger partial charge in [0.15, 0.2) is 10.8 Å². The molecule has 5 aromatic heterocycles. The summed E-state index contributed by atoms with van der Waals surface area (Å²) >= 11 is 3.13. The van der Waals surface area contributed by atoms with Gasteiger partial charge in [0.1, 0.15) is 16.9 Å². The number of fused-ring (bicyclic) bond motifs is 8. The number of furan rings is 1. The first-order valence-corrected chi connectivity index (χ1v) is 11.0. The van der Waals surface area contributed by atoms with E-state index in [1.807, 2.05) is 10.5 Å². The molecule has 146 valence electrons. The molecule has 5 heterocycles. The molecule has 0 aliphatic heterocycles. The molecular weight excluding hydrogens is 410 g/mol. The van der Waals surface area contributed by atoms with Crippen molar-refractivity contribution in [3.05, 3.63) is 40.9 Å². The molecule has 0 spiro atoms. The molecule has 0 saturated carbocycles. The van der Waals surface area contributed by atoms with Crippen molar-refractivity contribution in [3.8, 4) is 0 Å². The number of hydrogen-bond acceptors (Lipinski definition) is 8. The Morgan fingerprint density at radius 1 is 1.34 bits per heavy atom. The summed E-state index contributed by atoms with van der Waals surface area (Å²) in [4.78, 5) is 19.2. The number of carbonyl (C=O) groups excluding carboxylic acids is 1. The van der Waals surface area contributed by atoms with Gasteiger partial charge in [0.25, 0.3) is 5.78 Å². The summed E-state index contributed by atoms with van der Waals surface area (Å²) in [6.07, 6.45) is 6.47. The van der Waals surface area contributed by atoms with Crippen LogP contribution in [0.2, 0.25) is 0 Å². The van der Waals surface area contributed by atoms with Crippen LogP contribution in [0.15, 0.2) is 34.3 Å². The van der Waals surface area contributed by atoms with Gasteiger partial charge in [0, 0.05) is 4.88 Å². The Balaban J connectivity index is 1.36. The van der Waals surface area contributed by atoms with Crippen molar-refractivity contribution in [1.29, 1.82) is 0 Å². The summed E-state index contributed by atoms with van der Waals surface area (Å²) in [7, 11) is 0. The molecular formula is C18H15N7O2S2. The van der Waals surface area contributed by atoms with Gasteiger partial charge in [0.2, 0.25) is 5.91 Å². The summed E-state index contributed by atoms with van der Waals surface area (Å²) in [5.74, 6) is 1.49. The van der Waals surface area contributed by atoms with Crippen LogP contribution in [0.1, 0.15) is 22.6 Å². The Morgan fingerprint density at radius 3 is 3.21 bits per heavy atom. The van der Waals surface area contributed by atoms with Gasteiger partial charge in [-0.05, 0) is 37.0 Å². The number of nitrogens with one attached hydrogen (secondary N) is 1. The van der Waals surface area contributed by atoms with Gasteiger partial charge in [0.05, 0.1) is 23.9 Å². The molecule has 6 rings (SSSR count). The fourth-order valence-electron chi connectivity index (χ4n) is 3.79. The first kappa shape index (κ1) is 17.0. The van der Waals surface area contributed by atoms with Gasteiger partial charge >= 0.3 is 0 Å². The van der Waals surface area contributed by atoms with Gasteiger partial charge in [-0.1, -0.05) is 11.8 Å². The highest BCUT2D eigenvalue weighted by Crippen LogP contribution is 2.40. The van der Waals surface area contributed by atoms with E-state index >= 15 is 0 Å². The van der Waals surface area contributed by atoms with E-state index in [-0.39, 0.29) is 11.7 Å². The van der Waals surface area contributed by atoms with Crippen molar-refractivity contribution in [3.63, 3.8) is 0 Å². The normalized spacial score (nSPS) is 13.7. The van der Waals surface area contributed by atoms with Gasteiger partial charge < -0.3 is 9.73 Å². The van der Waals surface area contributed by atoms with Crippen LogP contribution in [0, 0.1) is 0 Å². The standard InChI is InChI=1S/C18H15N7O2S2/c26-13(19-7-10-3-2-6-27-10)8-28-18-23-22-17-24(18)16-14(15-20-9-21-25(15)17)11-4-1-5-12(11)29-16/h2-3,6,9H,1,4-5,7-8H2,(H,19,26). The van der Waals surface area contributed by atoms with Crippen LogP contribution in [0.3, 0.4) is 0 Å². The van der Waals surface area contributed by atoms with E-state index in [1.165, 1.54) is 28.6 Å². The maximum Gasteiger partial charge on any atom is 0.260 e. The SMILES string of the molecule is O=C(CSc1nnc2n3ncnc3c3c4c(sc3n12)CCC4)NCc1ccco1. The number of thioether (sulfide) groups is 1. The molecule has 0 radical (unpaired) electrons. The third kappa shape index (κ3) is 2.64. The molecule has 0 aromatic carbocycles. The highest BCUT2D eigenvalue weighted by Gasteiger charge is 2.25. The molecule has 1 amide bonds. The summed E-state index contributed by atoms with van der Waals surface area (Å²) in [6.45, 7) is 0.369. The largest absolute Gasteiger partial charge is 0.467 e. The van der Waals surface area contributed by atoms with Crippen LogP contribution in [0.25, 0.3) is 21.6 Å². The predicted octanol–water partition coefficient (Wildman–Crippen LogP) is 2.48.